The molecule has 0 fully saturated rings. The van der Waals surface area contributed by atoms with E-state index in [0.717, 1.165) is 0 Å². The van der Waals surface area contributed by atoms with Gasteiger partial charge in [0.25, 0.3) is 0 Å². The molecule has 0 amide bonds. The van der Waals surface area contributed by atoms with Crippen LogP contribution in [0.3, 0.4) is 0 Å². The number of hydrogen-bond donors (Lipinski definition) is 0. The number of rotatable bonds is 0. The molecule has 0 heterocycles. The molecule has 0 bridgehead atoms. The van der Waals surface area contributed by atoms with Gasteiger partial charge in [-0.3, -0.25) is 0 Å². The Balaban J connectivity index is 0.00000121. The van der Waals surface area contributed by atoms with Gasteiger partial charge in [-0.15, -0.1) is 12.5 Å². The summed E-state index contributed by atoms with van der Waals surface area (Å²) < 4.78 is 0. The van der Waals surface area contributed by atoms with Gasteiger partial charge >= 0.3 is 0 Å². The second kappa shape index (κ2) is 3.43. The second-order valence-electron chi connectivity index (χ2n) is 3.98. The van der Waals surface area contributed by atoms with Crippen LogP contribution >= 0.6 is 0 Å². The monoisotopic (exact) mass is 197 g/mol. The standard InChI is InChI=1S/C11H17.Ti/c1-7-8(2)10(4)11(5,6)9(7)3;/h3H2,1-2,4-6H3;/q-1;. The van der Waals surface area contributed by atoms with E-state index in [1.807, 2.05) is 0 Å². The second-order valence-corrected chi connectivity index (χ2v) is 3.98. The molecule has 1 aliphatic rings. The molecule has 0 nitrogen and oxygen atoms in total. The Labute approximate surface area is 91.0 Å². The van der Waals surface area contributed by atoms with E-state index in [9.17, 15) is 0 Å². The van der Waals surface area contributed by atoms with Crippen LogP contribution in [-0.2, 0) is 21.7 Å². The Hall–Kier alpha value is 0.0643. The molecular weight excluding hydrogens is 180 g/mol. The van der Waals surface area contributed by atoms with Gasteiger partial charge in [0.15, 0.2) is 0 Å². The van der Waals surface area contributed by atoms with Crippen molar-refractivity contribution in [1.29, 1.82) is 0 Å². The summed E-state index contributed by atoms with van der Waals surface area (Å²) >= 11 is 0. The molecule has 0 aromatic heterocycles. The molecule has 0 saturated carbocycles. The summed E-state index contributed by atoms with van der Waals surface area (Å²) in [6, 6.07) is 0. The number of hydrogen-bond acceptors (Lipinski definition) is 0. The van der Waals surface area contributed by atoms with Crippen LogP contribution in [0.4, 0.5) is 0 Å². The average molecular weight is 197 g/mol. The van der Waals surface area contributed by atoms with E-state index in [4.69, 9.17) is 0 Å². The molecule has 0 atom stereocenters. The van der Waals surface area contributed by atoms with Crippen LogP contribution < -0.4 is 0 Å². The Morgan fingerprint density at radius 2 is 1.42 bits per heavy atom. The molecule has 0 aromatic carbocycles. The molecule has 0 aromatic rings. The zero-order valence-electron chi connectivity index (χ0n) is 8.71. The maximum Gasteiger partial charge on any atom is 0 e. The molecule has 12 heavy (non-hydrogen) atoms. The Kier molecular flexibility index (Phi) is 3.45. The van der Waals surface area contributed by atoms with Crippen molar-refractivity contribution in [2.24, 2.45) is 5.41 Å². The van der Waals surface area contributed by atoms with Gasteiger partial charge in [0.2, 0.25) is 0 Å². The van der Waals surface area contributed by atoms with Gasteiger partial charge in [-0.1, -0.05) is 26.3 Å². The maximum atomic E-state index is 4.11. The molecule has 0 radical (unpaired) electrons. The van der Waals surface area contributed by atoms with Crippen molar-refractivity contribution in [3.8, 4) is 0 Å². The minimum atomic E-state index is 0. The fraction of sp³-hybridized carbons (Fsp3) is 0.545. The minimum Gasteiger partial charge on any atom is -0.240 e. The van der Waals surface area contributed by atoms with Crippen molar-refractivity contribution in [2.45, 2.75) is 34.6 Å². The Bertz CT molecular complexity index is 228. The zero-order chi connectivity index (χ0) is 8.81. The van der Waals surface area contributed by atoms with E-state index >= 15 is 0 Å². The van der Waals surface area contributed by atoms with Gasteiger partial charge in [-0.2, -0.15) is 5.57 Å². The third-order valence-corrected chi connectivity index (χ3v) is 3.27. The van der Waals surface area contributed by atoms with Crippen LogP contribution in [0.1, 0.15) is 34.6 Å². The smallest absolute Gasteiger partial charge is 0 e. The van der Waals surface area contributed by atoms with Crippen molar-refractivity contribution in [3.63, 3.8) is 0 Å². The van der Waals surface area contributed by atoms with Crippen molar-refractivity contribution in [3.05, 3.63) is 29.2 Å². The van der Waals surface area contributed by atoms with Crippen molar-refractivity contribution in [2.75, 3.05) is 0 Å². The summed E-state index contributed by atoms with van der Waals surface area (Å²) in [5.74, 6) is 0. The van der Waals surface area contributed by atoms with E-state index < -0.39 is 0 Å². The third-order valence-electron chi connectivity index (χ3n) is 3.27. The van der Waals surface area contributed by atoms with Gasteiger partial charge < -0.3 is 0 Å². The summed E-state index contributed by atoms with van der Waals surface area (Å²) in [5, 5.41) is 0. The van der Waals surface area contributed by atoms with Crippen molar-refractivity contribution >= 4 is 0 Å². The van der Waals surface area contributed by atoms with Gasteiger partial charge in [0, 0.05) is 21.7 Å². The quantitative estimate of drug-likeness (QED) is 0.411. The van der Waals surface area contributed by atoms with E-state index in [1.165, 1.54) is 22.3 Å². The van der Waals surface area contributed by atoms with E-state index in [0.29, 0.717) is 0 Å². The molecule has 66 valence electrons. The summed E-state index contributed by atoms with van der Waals surface area (Å²) in [6.07, 6.45) is 0. The summed E-state index contributed by atoms with van der Waals surface area (Å²) in [7, 11) is 0. The van der Waals surface area contributed by atoms with E-state index in [2.05, 4.69) is 41.5 Å². The molecule has 0 unspecified atom stereocenters. The van der Waals surface area contributed by atoms with Gasteiger partial charge in [-0.25, -0.2) is 12.5 Å². The van der Waals surface area contributed by atoms with Crippen LogP contribution in [0.25, 0.3) is 0 Å². The normalized spacial score (nSPS) is 21.4. The topological polar surface area (TPSA) is 0 Å². The largest absolute Gasteiger partial charge is 0.240 e. The van der Waals surface area contributed by atoms with Crippen LogP contribution in [0.15, 0.2) is 22.3 Å². The van der Waals surface area contributed by atoms with Crippen LogP contribution in [0, 0.1) is 12.3 Å². The summed E-state index contributed by atoms with van der Waals surface area (Å²) in [5.41, 5.74) is 5.77. The molecule has 1 aliphatic carbocycles. The Morgan fingerprint density at radius 3 is 1.50 bits per heavy atom. The molecule has 0 spiro atoms. The molecule has 0 aliphatic heterocycles. The first-order chi connectivity index (χ1) is 4.89. The van der Waals surface area contributed by atoms with E-state index in [1.54, 1.807) is 0 Å². The first-order valence-electron chi connectivity index (χ1n) is 4.10. The van der Waals surface area contributed by atoms with Crippen molar-refractivity contribution < 1.29 is 21.7 Å². The predicted octanol–water partition coefficient (Wildman–Crippen LogP) is 3.51. The summed E-state index contributed by atoms with van der Waals surface area (Å²) in [6.45, 7) is 15.1. The molecule has 1 heteroatoms. The Morgan fingerprint density at radius 1 is 1.00 bits per heavy atom. The average Bonchev–Trinajstić information content (AvgIpc) is 2.06. The van der Waals surface area contributed by atoms with Crippen LogP contribution in [0.5, 0.6) is 0 Å². The molecule has 1 rings (SSSR count). The summed E-state index contributed by atoms with van der Waals surface area (Å²) in [4.78, 5) is 0. The first kappa shape index (κ1) is 12.1. The van der Waals surface area contributed by atoms with Gasteiger partial charge in [0.1, 0.15) is 0 Å². The maximum absolute atomic E-state index is 4.11. The van der Waals surface area contributed by atoms with Crippen molar-refractivity contribution in [1.82, 2.24) is 0 Å². The molecule has 0 N–H and O–H groups in total. The third kappa shape index (κ3) is 1.43. The van der Waals surface area contributed by atoms with Gasteiger partial charge in [-0.05, 0) is 12.3 Å². The fourth-order valence-corrected chi connectivity index (χ4v) is 1.67. The number of allylic oxidation sites excluding steroid dienone is 4. The minimum absolute atomic E-state index is 0. The first-order valence-corrected chi connectivity index (χ1v) is 4.10. The predicted molar refractivity (Wildman–Crippen MR) is 50.2 cm³/mol. The van der Waals surface area contributed by atoms with Crippen LogP contribution in [-0.4, -0.2) is 0 Å². The zero-order valence-corrected chi connectivity index (χ0v) is 10.3. The van der Waals surface area contributed by atoms with Gasteiger partial charge in [0.05, 0.1) is 0 Å². The van der Waals surface area contributed by atoms with Crippen LogP contribution in [0.2, 0.25) is 0 Å². The SMILES string of the molecule is [CH2-]C1=C(C)C(C)=C(C)C1(C)C.[Ti]. The fourth-order valence-electron chi connectivity index (χ4n) is 1.67. The molecular formula is C11H17Ti-. The van der Waals surface area contributed by atoms with E-state index in [-0.39, 0.29) is 27.1 Å². The molecule has 0 saturated heterocycles.